The van der Waals surface area contributed by atoms with Crippen LogP contribution in [0.3, 0.4) is 0 Å². The van der Waals surface area contributed by atoms with E-state index < -0.39 is 24.2 Å². The van der Waals surface area contributed by atoms with Crippen molar-refractivity contribution < 1.29 is 24.2 Å². The van der Waals surface area contributed by atoms with Gasteiger partial charge in [0.1, 0.15) is 0 Å². The lowest BCUT2D eigenvalue weighted by Crippen LogP contribution is -2.41. The Morgan fingerprint density at radius 1 is 1.07 bits per heavy atom. The third-order valence-corrected chi connectivity index (χ3v) is 4.20. The number of aliphatic hydroxyl groups excluding tert-OH is 1. The number of allylic oxidation sites excluding steroid dienone is 1. The summed E-state index contributed by atoms with van der Waals surface area (Å²) in [5.41, 5.74) is 3.13. The van der Waals surface area contributed by atoms with Crippen molar-refractivity contribution in [3.8, 4) is 11.1 Å². The SMILES string of the molecule is C=C(C)OC(=O)N[C@H](Cc1ccc(-c2ccccc2)cc1)C[C@@H](O)C(=O)OCC. The first-order valence-electron chi connectivity index (χ1n) is 9.52. The maximum Gasteiger partial charge on any atom is 0.412 e. The molecule has 29 heavy (non-hydrogen) atoms. The molecule has 154 valence electrons. The fourth-order valence-corrected chi connectivity index (χ4v) is 2.90. The molecule has 2 atom stereocenters. The fraction of sp³-hybridized carbons (Fsp3) is 0.304. The van der Waals surface area contributed by atoms with Crippen molar-refractivity contribution in [1.29, 1.82) is 0 Å². The van der Waals surface area contributed by atoms with E-state index in [0.717, 1.165) is 16.7 Å². The number of carbonyl (C=O) groups excluding carboxylic acids is 2. The molecule has 6 heteroatoms. The van der Waals surface area contributed by atoms with Crippen LogP contribution in [0.25, 0.3) is 11.1 Å². The number of hydrogen-bond acceptors (Lipinski definition) is 5. The van der Waals surface area contributed by atoms with Crippen molar-refractivity contribution in [2.45, 2.75) is 38.8 Å². The zero-order chi connectivity index (χ0) is 21.2. The van der Waals surface area contributed by atoms with Crippen LogP contribution < -0.4 is 5.32 Å². The number of aliphatic hydroxyl groups is 1. The number of hydrogen-bond donors (Lipinski definition) is 2. The molecule has 0 bridgehead atoms. The Morgan fingerprint density at radius 3 is 2.28 bits per heavy atom. The van der Waals surface area contributed by atoms with Crippen LogP contribution in [0.2, 0.25) is 0 Å². The zero-order valence-electron chi connectivity index (χ0n) is 16.8. The van der Waals surface area contributed by atoms with Gasteiger partial charge in [-0.3, -0.25) is 0 Å². The van der Waals surface area contributed by atoms with Gasteiger partial charge < -0.3 is 19.9 Å². The number of carbonyl (C=O) groups is 2. The lowest BCUT2D eigenvalue weighted by atomic mass is 9.98. The highest BCUT2D eigenvalue weighted by atomic mass is 16.6. The molecule has 1 amide bonds. The Bertz CT molecular complexity index is 817. The molecule has 0 aliphatic carbocycles. The van der Waals surface area contributed by atoms with Gasteiger partial charge in [-0.15, -0.1) is 0 Å². The Labute approximate surface area is 171 Å². The van der Waals surface area contributed by atoms with Crippen LogP contribution in [0.4, 0.5) is 4.79 Å². The summed E-state index contributed by atoms with van der Waals surface area (Å²) in [4.78, 5) is 23.7. The van der Waals surface area contributed by atoms with Crippen molar-refractivity contribution in [3.63, 3.8) is 0 Å². The third-order valence-electron chi connectivity index (χ3n) is 4.20. The van der Waals surface area contributed by atoms with Gasteiger partial charge in [-0.05, 0) is 37.0 Å². The van der Waals surface area contributed by atoms with E-state index >= 15 is 0 Å². The largest absolute Gasteiger partial charge is 0.464 e. The molecule has 0 aliphatic rings. The number of esters is 1. The Morgan fingerprint density at radius 2 is 1.69 bits per heavy atom. The van der Waals surface area contributed by atoms with Crippen LogP contribution in [0, 0.1) is 0 Å². The first-order valence-corrected chi connectivity index (χ1v) is 9.52. The molecular formula is C23H27NO5. The van der Waals surface area contributed by atoms with Crippen molar-refractivity contribution in [2.75, 3.05) is 6.61 Å². The molecule has 0 aliphatic heterocycles. The summed E-state index contributed by atoms with van der Waals surface area (Å²) >= 11 is 0. The molecule has 0 unspecified atom stereocenters. The molecule has 0 spiro atoms. The average Bonchev–Trinajstić information content (AvgIpc) is 2.68. The topological polar surface area (TPSA) is 84.9 Å². The quantitative estimate of drug-likeness (QED) is 0.496. The van der Waals surface area contributed by atoms with Gasteiger partial charge in [0.15, 0.2) is 6.10 Å². The third kappa shape index (κ3) is 7.43. The number of ether oxygens (including phenoxy) is 2. The molecule has 2 aromatic rings. The summed E-state index contributed by atoms with van der Waals surface area (Å²) in [6, 6.07) is 17.4. The Hall–Kier alpha value is -3.12. The molecule has 2 rings (SSSR count). The van der Waals surface area contributed by atoms with Gasteiger partial charge in [0, 0.05) is 12.5 Å². The van der Waals surface area contributed by atoms with Crippen LogP contribution >= 0.6 is 0 Å². The van der Waals surface area contributed by atoms with Gasteiger partial charge in [0.2, 0.25) is 0 Å². The van der Waals surface area contributed by atoms with E-state index in [2.05, 4.69) is 11.9 Å². The Balaban J connectivity index is 2.09. The maximum absolute atomic E-state index is 12.0. The number of amides is 1. The molecule has 0 heterocycles. The minimum absolute atomic E-state index is 0.00452. The second-order valence-electron chi connectivity index (χ2n) is 6.70. The van der Waals surface area contributed by atoms with Crippen molar-refractivity contribution in [1.82, 2.24) is 5.32 Å². The van der Waals surface area contributed by atoms with Crippen LogP contribution in [0.15, 0.2) is 66.9 Å². The van der Waals surface area contributed by atoms with Crippen molar-refractivity contribution in [2.24, 2.45) is 0 Å². The van der Waals surface area contributed by atoms with Crippen molar-refractivity contribution in [3.05, 3.63) is 72.5 Å². The summed E-state index contributed by atoms with van der Waals surface area (Å²) in [7, 11) is 0. The zero-order valence-corrected chi connectivity index (χ0v) is 16.8. The van der Waals surface area contributed by atoms with E-state index in [1.54, 1.807) is 13.8 Å². The first-order chi connectivity index (χ1) is 13.9. The van der Waals surface area contributed by atoms with E-state index in [-0.39, 0.29) is 18.8 Å². The van der Waals surface area contributed by atoms with Gasteiger partial charge in [-0.1, -0.05) is 61.2 Å². The fourth-order valence-electron chi connectivity index (χ4n) is 2.90. The van der Waals surface area contributed by atoms with Crippen molar-refractivity contribution >= 4 is 12.1 Å². The summed E-state index contributed by atoms with van der Waals surface area (Å²) in [6.07, 6.45) is -1.60. The predicted molar refractivity (Wildman–Crippen MR) is 111 cm³/mol. The maximum atomic E-state index is 12.0. The van der Waals surface area contributed by atoms with Gasteiger partial charge in [0.25, 0.3) is 0 Å². The molecule has 0 saturated heterocycles. The predicted octanol–water partition coefficient (Wildman–Crippen LogP) is 3.84. The van der Waals surface area contributed by atoms with E-state index in [4.69, 9.17) is 9.47 Å². The van der Waals surface area contributed by atoms with E-state index in [0.29, 0.717) is 6.42 Å². The molecule has 0 fully saturated rings. The summed E-state index contributed by atoms with van der Waals surface area (Å²) in [5, 5.41) is 12.8. The van der Waals surface area contributed by atoms with E-state index in [1.807, 2.05) is 54.6 Å². The average molecular weight is 397 g/mol. The van der Waals surface area contributed by atoms with Gasteiger partial charge in [0.05, 0.1) is 12.4 Å². The molecule has 0 saturated carbocycles. The van der Waals surface area contributed by atoms with E-state index in [9.17, 15) is 14.7 Å². The minimum Gasteiger partial charge on any atom is -0.464 e. The second-order valence-corrected chi connectivity index (χ2v) is 6.70. The smallest absolute Gasteiger partial charge is 0.412 e. The highest BCUT2D eigenvalue weighted by Crippen LogP contribution is 2.20. The number of alkyl carbamates (subject to hydrolysis) is 1. The first kappa shape index (κ1) is 22.2. The molecule has 2 N–H and O–H groups in total. The molecular weight excluding hydrogens is 370 g/mol. The lowest BCUT2D eigenvalue weighted by Gasteiger charge is -2.21. The molecule has 6 nitrogen and oxygen atoms in total. The van der Waals surface area contributed by atoms with Crippen LogP contribution in [-0.4, -0.2) is 35.9 Å². The Kier molecular flexibility index (Phi) is 8.43. The summed E-state index contributed by atoms with van der Waals surface area (Å²) < 4.78 is 9.78. The monoisotopic (exact) mass is 397 g/mol. The molecule has 2 aromatic carbocycles. The minimum atomic E-state index is -1.34. The highest BCUT2D eigenvalue weighted by molar-refractivity contribution is 5.74. The van der Waals surface area contributed by atoms with Gasteiger partial charge >= 0.3 is 12.1 Å². The van der Waals surface area contributed by atoms with E-state index in [1.165, 1.54) is 0 Å². The summed E-state index contributed by atoms with van der Waals surface area (Å²) in [5.74, 6) is -0.466. The van der Waals surface area contributed by atoms with Gasteiger partial charge in [-0.2, -0.15) is 0 Å². The normalized spacial score (nSPS) is 12.5. The number of benzene rings is 2. The molecule has 0 radical (unpaired) electrons. The van der Waals surface area contributed by atoms with Crippen LogP contribution in [0.1, 0.15) is 25.8 Å². The lowest BCUT2D eigenvalue weighted by molar-refractivity contribution is -0.153. The summed E-state index contributed by atoms with van der Waals surface area (Å²) in [6.45, 7) is 6.93. The van der Waals surface area contributed by atoms with Crippen LogP contribution in [0.5, 0.6) is 0 Å². The standard InChI is InChI=1S/C23H27NO5/c1-4-28-22(26)21(25)15-20(24-23(27)29-16(2)3)14-17-10-12-19(13-11-17)18-8-6-5-7-9-18/h5-13,20-21,25H,2,4,14-15H2,1,3H3,(H,24,27)/t20-,21-/m1/s1. The second kappa shape index (κ2) is 11.0. The highest BCUT2D eigenvalue weighted by Gasteiger charge is 2.24. The van der Waals surface area contributed by atoms with Crippen LogP contribution in [-0.2, 0) is 20.7 Å². The number of nitrogens with one attached hydrogen (secondary N) is 1. The molecule has 0 aromatic heterocycles. The number of rotatable bonds is 9. The van der Waals surface area contributed by atoms with Gasteiger partial charge in [-0.25, -0.2) is 9.59 Å².